The SMILES string of the molecule is O=C(Cc1cc(-c2ccc3c(c2)OCO3)on1)NCCC(c1ccccc1)c1ccccc1. The average molecular weight is 440 g/mol. The minimum Gasteiger partial charge on any atom is -0.454 e. The lowest BCUT2D eigenvalue weighted by molar-refractivity contribution is -0.120. The molecule has 1 amide bonds. The summed E-state index contributed by atoms with van der Waals surface area (Å²) in [6, 6.07) is 28.1. The second-order valence-electron chi connectivity index (χ2n) is 7.94. The van der Waals surface area contributed by atoms with Crippen molar-refractivity contribution in [3.63, 3.8) is 0 Å². The smallest absolute Gasteiger partial charge is 0.231 e. The third-order valence-corrected chi connectivity index (χ3v) is 5.72. The Bertz CT molecular complexity index is 1180. The van der Waals surface area contributed by atoms with Gasteiger partial charge in [-0.25, -0.2) is 0 Å². The summed E-state index contributed by atoms with van der Waals surface area (Å²) in [5, 5.41) is 7.08. The molecule has 0 unspecified atom stereocenters. The van der Waals surface area contributed by atoms with E-state index in [9.17, 15) is 4.79 Å². The van der Waals surface area contributed by atoms with Gasteiger partial charge in [0.25, 0.3) is 0 Å². The van der Waals surface area contributed by atoms with E-state index in [0.717, 1.165) is 12.0 Å². The number of aromatic nitrogens is 1. The molecular weight excluding hydrogens is 416 g/mol. The highest BCUT2D eigenvalue weighted by atomic mass is 16.7. The van der Waals surface area contributed by atoms with Gasteiger partial charge in [0.2, 0.25) is 12.7 Å². The van der Waals surface area contributed by atoms with E-state index in [1.54, 1.807) is 6.07 Å². The number of hydrogen-bond donors (Lipinski definition) is 1. The fourth-order valence-electron chi connectivity index (χ4n) is 4.06. The van der Waals surface area contributed by atoms with Crippen molar-refractivity contribution in [2.45, 2.75) is 18.8 Å². The largest absolute Gasteiger partial charge is 0.454 e. The number of benzene rings is 3. The highest BCUT2D eigenvalue weighted by Gasteiger charge is 2.17. The van der Waals surface area contributed by atoms with Crippen LogP contribution < -0.4 is 14.8 Å². The molecule has 0 fully saturated rings. The molecule has 0 atom stereocenters. The molecule has 33 heavy (non-hydrogen) atoms. The van der Waals surface area contributed by atoms with Crippen molar-refractivity contribution in [3.8, 4) is 22.8 Å². The van der Waals surface area contributed by atoms with Crippen LogP contribution in [0.4, 0.5) is 0 Å². The molecule has 1 aliphatic rings. The van der Waals surface area contributed by atoms with E-state index >= 15 is 0 Å². The van der Waals surface area contributed by atoms with E-state index in [2.05, 4.69) is 34.7 Å². The summed E-state index contributed by atoms with van der Waals surface area (Å²) in [7, 11) is 0. The molecule has 0 saturated heterocycles. The third-order valence-electron chi connectivity index (χ3n) is 5.72. The van der Waals surface area contributed by atoms with Gasteiger partial charge in [-0.2, -0.15) is 0 Å². The molecule has 3 aromatic carbocycles. The molecule has 6 heteroatoms. The zero-order chi connectivity index (χ0) is 22.5. The maximum absolute atomic E-state index is 12.5. The molecule has 0 bridgehead atoms. The van der Waals surface area contributed by atoms with E-state index < -0.39 is 0 Å². The van der Waals surface area contributed by atoms with Crippen LogP contribution in [0.2, 0.25) is 0 Å². The standard InChI is InChI=1S/C27H24N2O4/c30-27(17-22-16-25(33-29-22)21-11-12-24-26(15-21)32-18-31-24)28-14-13-23(19-7-3-1-4-8-19)20-9-5-2-6-10-20/h1-12,15-16,23H,13-14,17-18H2,(H,28,30). The van der Waals surface area contributed by atoms with Crippen LogP contribution >= 0.6 is 0 Å². The molecule has 0 radical (unpaired) electrons. The first-order valence-corrected chi connectivity index (χ1v) is 11.0. The highest BCUT2D eigenvalue weighted by Crippen LogP contribution is 2.36. The van der Waals surface area contributed by atoms with Crippen LogP contribution in [0.5, 0.6) is 11.5 Å². The van der Waals surface area contributed by atoms with Gasteiger partial charge < -0.3 is 19.3 Å². The third kappa shape index (κ3) is 4.90. The van der Waals surface area contributed by atoms with Gasteiger partial charge >= 0.3 is 0 Å². The van der Waals surface area contributed by atoms with Gasteiger partial charge in [0.1, 0.15) is 0 Å². The molecule has 6 nitrogen and oxygen atoms in total. The minimum atomic E-state index is -0.0830. The number of fused-ring (bicyclic) bond motifs is 1. The predicted octanol–water partition coefficient (Wildman–Crippen LogP) is 4.95. The molecule has 1 N–H and O–H groups in total. The Morgan fingerprint density at radius 2 is 1.58 bits per heavy atom. The predicted molar refractivity (Wildman–Crippen MR) is 124 cm³/mol. The first kappa shape index (κ1) is 20.8. The number of nitrogens with one attached hydrogen (secondary N) is 1. The van der Waals surface area contributed by atoms with Crippen molar-refractivity contribution in [1.29, 1.82) is 0 Å². The summed E-state index contributed by atoms with van der Waals surface area (Å²) in [6.07, 6.45) is 0.969. The van der Waals surface area contributed by atoms with Crippen molar-refractivity contribution in [2.24, 2.45) is 0 Å². The maximum atomic E-state index is 12.5. The number of nitrogens with zero attached hydrogens (tertiary/aromatic N) is 1. The van der Waals surface area contributed by atoms with Crippen LogP contribution in [0.15, 0.2) is 89.5 Å². The molecule has 166 valence electrons. The average Bonchev–Trinajstić information content (AvgIpc) is 3.52. The molecule has 0 spiro atoms. The molecular formula is C27H24N2O4. The second kappa shape index (κ2) is 9.61. The van der Waals surface area contributed by atoms with E-state index in [1.165, 1.54) is 11.1 Å². The van der Waals surface area contributed by atoms with Crippen LogP contribution in [0.3, 0.4) is 0 Å². The Morgan fingerprint density at radius 1 is 0.879 bits per heavy atom. The molecule has 1 aromatic heterocycles. The first-order chi connectivity index (χ1) is 16.3. The van der Waals surface area contributed by atoms with Crippen LogP contribution in [0.1, 0.15) is 29.2 Å². The van der Waals surface area contributed by atoms with Crippen molar-refractivity contribution in [2.75, 3.05) is 13.3 Å². The zero-order valence-electron chi connectivity index (χ0n) is 18.1. The van der Waals surface area contributed by atoms with Gasteiger partial charge in [-0.1, -0.05) is 65.8 Å². The Kier molecular flexibility index (Phi) is 6.06. The molecule has 0 aliphatic carbocycles. The summed E-state index contributed by atoms with van der Waals surface area (Å²) in [5.41, 5.74) is 3.89. The number of carbonyl (C=O) groups excluding carboxylic acids is 1. The first-order valence-electron chi connectivity index (χ1n) is 11.0. The van der Waals surface area contributed by atoms with Crippen LogP contribution in [-0.4, -0.2) is 24.4 Å². The number of rotatable bonds is 8. The molecule has 2 heterocycles. The number of hydrogen-bond acceptors (Lipinski definition) is 5. The van der Waals surface area contributed by atoms with E-state index in [4.69, 9.17) is 14.0 Å². The molecule has 4 aromatic rings. The topological polar surface area (TPSA) is 73.6 Å². The summed E-state index contributed by atoms with van der Waals surface area (Å²) in [6.45, 7) is 0.788. The summed E-state index contributed by atoms with van der Waals surface area (Å²) in [5.74, 6) is 2.11. The van der Waals surface area contributed by atoms with E-state index in [1.807, 2.05) is 54.6 Å². The second-order valence-corrected chi connectivity index (χ2v) is 7.94. The van der Waals surface area contributed by atoms with Crippen molar-refractivity contribution in [1.82, 2.24) is 10.5 Å². The van der Waals surface area contributed by atoms with E-state index in [-0.39, 0.29) is 25.0 Å². The Morgan fingerprint density at radius 3 is 2.30 bits per heavy atom. The molecule has 5 rings (SSSR count). The lowest BCUT2D eigenvalue weighted by atomic mass is 9.88. The number of ether oxygens (including phenoxy) is 2. The summed E-state index contributed by atoms with van der Waals surface area (Å²) in [4.78, 5) is 12.5. The Balaban J connectivity index is 1.18. The van der Waals surface area contributed by atoms with Gasteiger partial charge in [0.15, 0.2) is 17.3 Å². The van der Waals surface area contributed by atoms with Gasteiger partial charge in [0, 0.05) is 24.1 Å². The van der Waals surface area contributed by atoms with E-state index in [0.29, 0.717) is 29.5 Å². The quantitative estimate of drug-likeness (QED) is 0.420. The summed E-state index contributed by atoms with van der Waals surface area (Å²) < 4.78 is 16.2. The molecule has 1 aliphatic heterocycles. The van der Waals surface area contributed by atoms with Crippen molar-refractivity contribution < 1.29 is 18.8 Å². The Hall–Kier alpha value is -4.06. The number of amides is 1. The van der Waals surface area contributed by atoms with Gasteiger partial charge in [0.05, 0.1) is 12.1 Å². The molecule has 0 saturated carbocycles. The fourth-order valence-corrected chi connectivity index (χ4v) is 4.06. The van der Waals surface area contributed by atoms with Gasteiger partial charge in [-0.3, -0.25) is 4.79 Å². The fraction of sp³-hybridized carbons (Fsp3) is 0.185. The Labute approximate surface area is 192 Å². The zero-order valence-corrected chi connectivity index (χ0v) is 18.1. The summed E-state index contributed by atoms with van der Waals surface area (Å²) >= 11 is 0. The van der Waals surface area contributed by atoms with Gasteiger partial charge in [-0.15, -0.1) is 0 Å². The minimum absolute atomic E-state index is 0.0830. The van der Waals surface area contributed by atoms with Crippen molar-refractivity contribution in [3.05, 3.63) is 102 Å². The van der Waals surface area contributed by atoms with Crippen LogP contribution in [0, 0.1) is 0 Å². The normalized spacial score (nSPS) is 12.2. The lowest BCUT2D eigenvalue weighted by Crippen LogP contribution is -2.27. The van der Waals surface area contributed by atoms with Crippen molar-refractivity contribution >= 4 is 5.91 Å². The number of carbonyl (C=O) groups is 1. The van der Waals surface area contributed by atoms with Crippen LogP contribution in [-0.2, 0) is 11.2 Å². The lowest BCUT2D eigenvalue weighted by Gasteiger charge is -2.18. The maximum Gasteiger partial charge on any atom is 0.231 e. The van der Waals surface area contributed by atoms with Crippen LogP contribution in [0.25, 0.3) is 11.3 Å². The monoisotopic (exact) mass is 440 g/mol. The van der Waals surface area contributed by atoms with Gasteiger partial charge in [-0.05, 0) is 35.7 Å². The highest BCUT2D eigenvalue weighted by molar-refractivity contribution is 5.78.